The van der Waals surface area contributed by atoms with Gasteiger partial charge in [0.25, 0.3) is 0 Å². The van der Waals surface area contributed by atoms with Gasteiger partial charge in [-0.2, -0.15) is 0 Å². The first-order chi connectivity index (χ1) is 13.0. The molecule has 1 atom stereocenters. The second-order valence-corrected chi connectivity index (χ2v) is 8.23. The molecular formula is C20H20BrN3O2S. The first-order valence-electron chi connectivity index (χ1n) is 8.64. The molecule has 1 fully saturated rings. The topological polar surface area (TPSA) is 61.8 Å². The van der Waals surface area contributed by atoms with E-state index in [1.165, 1.54) is 16.7 Å². The van der Waals surface area contributed by atoms with Crippen LogP contribution in [0.15, 0.2) is 58.0 Å². The number of benzene rings is 2. The average Bonchev–Trinajstić information content (AvgIpc) is 2.92. The van der Waals surface area contributed by atoms with Crippen LogP contribution in [0, 0.1) is 0 Å². The summed E-state index contributed by atoms with van der Waals surface area (Å²) < 4.78 is 0.942. The van der Waals surface area contributed by atoms with Crippen LogP contribution in [-0.2, 0) is 16.0 Å². The van der Waals surface area contributed by atoms with E-state index in [9.17, 15) is 9.59 Å². The van der Waals surface area contributed by atoms with Gasteiger partial charge in [-0.3, -0.25) is 14.5 Å². The number of hydrogen-bond acceptors (Lipinski definition) is 4. The Hall–Kier alpha value is -2.12. The number of nitrogens with zero attached hydrogens (tertiary/aromatic N) is 2. The second-order valence-electron chi connectivity index (χ2n) is 6.14. The number of thioether (sulfide) groups is 1. The predicted octanol–water partition coefficient (Wildman–Crippen LogP) is 4.60. The summed E-state index contributed by atoms with van der Waals surface area (Å²) in [6.07, 6.45) is 0.979. The van der Waals surface area contributed by atoms with Crippen molar-refractivity contribution in [1.82, 2.24) is 4.90 Å². The Morgan fingerprint density at radius 3 is 2.63 bits per heavy atom. The largest absolute Gasteiger partial charge is 0.326 e. The first-order valence-corrected chi connectivity index (χ1v) is 10.3. The van der Waals surface area contributed by atoms with Crippen LogP contribution in [0.1, 0.15) is 18.9 Å². The third-order valence-corrected chi connectivity index (χ3v) is 5.99. The number of rotatable bonds is 5. The molecule has 1 aliphatic heterocycles. The number of halogens is 1. The molecule has 1 heterocycles. The minimum Gasteiger partial charge on any atom is -0.326 e. The summed E-state index contributed by atoms with van der Waals surface area (Å²) in [4.78, 5) is 31.1. The number of hydrogen-bond donors (Lipinski definition) is 1. The lowest BCUT2D eigenvalue weighted by molar-refractivity contribution is -0.127. The molecule has 2 aromatic carbocycles. The predicted molar refractivity (Wildman–Crippen MR) is 114 cm³/mol. The molecule has 1 N–H and O–H groups in total. The van der Waals surface area contributed by atoms with Gasteiger partial charge in [-0.25, -0.2) is 4.99 Å². The number of amidine groups is 1. The average molecular weight is 446 g/mol. The maximum atomic E-state index is 12.5. The van der Waals surface area contributed by atoms with E-state index in [0.717, 1.165) is 22.1 Å². The molecule has 140 valence electrons. The maximum Gasteiger partial charge on any atom is 0.242 e. The van der Waals surface area contributed by atoms with E-state index in [4.69, 9.17) is 0 Å². The van der Waals surface area contributed by atoms with Crippen molar-refractivity contribution < 1.29 is 9.59 Å². The van der Waals surface area contributed by atoms with Crippen molar-refractivity contribution in [3.63, 3.8) is 0 Å². The van der Waals surface area contributed by atoms with Crippen molar-refractivity contribution in [2.75, 3.05) is 12.4 Å². The Morgan fingerprint density at radius 2 is 1.93 bits per heavy atom. The fourth-order valence-corrected chi connectivity index (χ4v) is 4.14. The highest BCUT2D eigenvalue weighted by Gasteiger charge is 2.37. The highest BCUT2D eigenvalue weighted by atomic mass is 79.9. The molecular weight excluding hydrogens is 426 g/mol. The van der Waals surface area contributed by atoms with Crippen LogP contribution < -0.4 is 5.32 Å². The Balaban J connectivity index is 1.69. The minimum absolute atomic E-state index is 0.0984. The molecule has 1 unspecified atom stereocenters. The van der Waals surface area contributed by atoms with Gasteiger partial charge in [-0.05, 0) is 42.3 Å². The van der Waals surface area contributed by atoms with Crippen LogP contribution in [0.25, 0.3) is 0 Å². The lowest BCUT2D eigenvalue weighted by Crippen LogP contribution is -2.30. The summed E-state index contributed by atoms with van der Waals surface area (Å²) in [5, 5.41) is 3.00. The summed E-state index contributed by atoms with van der Waals surface area (Å²) in [6.45, 7) is 2.07. The van der Waals surface area contributed by atoms with Gasteiger partial charge >= 0.3 is 0 Å². The van der Waals surface area contributed by atoms with Crippen molar-refractivity contribution in [3.05, 3.63) is 58.6 Å². The summed E-state index contributed by atoms with van der Waals surface area (Å²) in [7, 11) is 1.70. The normalized spacial score (nSPS) is 18.2. The number of anilines is 1. The Kier molecular flexibility index (Phi) is 6.34. The summed E-state index contributed by atoms with van der Waals surface area (Å²) >= 11 is 4.70. The van der Waals surface area contributed by atoms with E-state index >= 15 is 0 Å². The molecule has 2 amide bonds. The number of para-hydroxylation sites is 1. The van der Waals surface area contributed by atoms with Gasteiger partial charge in [0.2, 0.25) is 11.8 Å². The second kappa shape index (κ2) is 8.71. The molecule has 0 bridgehead atoms. The zero-order valence-electron chi connectivity index (χ0n) is 15.1. The summed E-state index contributed by atoms with van der Waals surface area (Å²) in [5.74, 6) is -0.287. The third-order valence-electron chi connectivity index (χ3n) is 4.23. The Morgan fingerprint density at radius 1 is 1.22 bits per heavy atom. The van der Waals surface area contributed by atoms with Crippen molar-refractivity contribution in [2.24, 2.45) is 4.99 Å². The van der Waals surface area contributed by atoms with E-state index in [-0.39, 0.29) is 18.2 Å². The minimum atomic E-state index is -0.460. The van der Waals surface area contributed by atoms with Crippen LogP contribution in [0.4, 0.5) is 11.4 Å². The summed E-state index contributed by atoms with van der Waals surface area (Å²) in [5.41, 5.74) is 2.70. The van der Waals surface area contributed by atoms with E-state index in [1.54, 1.807) is 7.05 Å². The molecule has 0 aliphatic carbocycles. The standard InChI is InChI=1S/C20H20BrN3O2S/c1-3-13-6-4-5-7-16(13)23-20-24(2)19(26)17(27-20)12-18(25)22-15-10-8-14(21)9-11-15/h4-11,17H,3,12H2,1-2H3,(H,22,25). The zero-order chi connectivity index (χ0) is 19.4. The third kappa shape index (κ3) is 4.78. The smallest absolute Gasteiger partial charge is 0.242 e. The number of carbonyl (C=O) groups is 2. The molecule has 7 heteroatoms. The van der Waals surface area contributed by atoms with Crippen LogP contribution in [0.5, 0.6) is 0 Å². The van der Waals surface area contributed by atoms with Crippen molar-refractivity contribution >= 4 is 56.0 Å². The number of aryl methyl sites for hydroxylation is 1. The lowest BCUT2D eigenvalue weighted by atomic mass is 10.1. The van der Waals surface area contributed by atoms with E-state index in [0.29, 0.717) is 10.9 Å². The maximum absolute atomic E-state index is 12.5. The number of carbonyl (C=O) groups excluding carboxylic acids is 2. The lowest BCUT2D eigenvalue weighted by Gasteiger charge is -2.10. The van der Waals surface area contributed by atoms with Gasteiger partial charge in [0.1, 0.15) is 5.25 Å². The molecule has 0 aromatic heterocycles. The van der Waals surface area contributed by atoms with Gasteiger partial charge in [0, 0.05) is 23.6 Å². The monoisotopic (exact) mass is 445 g/mol. The van der Waals surface area contributed by atoms with Gasteiger partial charge in [0.05, 0.1) is 5.69 Å². The number of nitrogens with one attached hydrogen (secondary N) is 1. The number of aliphatic imine (C=N–C) groups is 1. The van der Waals surface area contributed by atoms with Crippen LogP contribution >= 0.6 is 27.7 Å². The fraction of sp³-hybridized carbons (Fsp3) is 0.250. The Labute approximate surface area is 171 Å². The number of amides is 2. The molecule has 3 rings (SSSR count). The SMILES string of the molecule is CCc1ccccc1N=C1SC(CC(=O)Nc2ccc(Br)cc2)C(=O)N1C. The van der Waals surface area contributed by atoms with Crippen molar-refractivity contribution in [2.45, 2.75) is 25.0 Å². The van der Waals surface area contributed by atoms with Gasteiger partial charge < -0.3 is 5.32 Å². The van der Waals surface area contributed by atoms with E-state index in [2.05, 4.69) is 33.2 Å². The highest BCUT2D eigenvalue weighted by Crippen LogP contribution is 2.32. The molecule has 2 aromatic rings. The molecule has 0 radical (unpaired) electrons. The van der Waals surface area contributed by atoms with Crippen molar-refractivity contribution in [1.29, 1.82) is 0 Å². The molecule has 27 heavy (non-hydrogen) atoms. The first kappa shape index (κ1) is 19.6. The van der Waals surface area contributed by atoms with E-state index in [1.807, 2.05) is 48.5 Å². The summed E-state index contributed by atoms with van der Waals surface area (Å²) in [6, 6.07) is 15.2. The quantitative estimate of drug-likeness (QED) is 0.730. The van der Waals surface area contributed by atoms with Gasteiger partial charge in [-0.15, -0.1) is 0 Å². The highest BCUT2D eigenvalue weighted by molar-refractivity contribution is 9.10. The zero-order valence-corrected chi connectivity index (χ0v) is 17.5. The molecule has 1 saturated heterocycles. The Bertz CT molecular complexity index is 883. The van der Waals surface area contributed by atoms with E-state index < -0.39 is 5.25 Å². The van der Waals surface area contributed by atoms with Crippen LogP contribution in [-0.4, -0.2) is 34.2 Å². The van der Waals surface area contributed by atoms with Crippen LogP contribution in [0.2, 0.25) is 0 Å². The molecule has 0 saturated carbocycles. The van der Waals surface area contributed by atoms with Gasteiger partial charge in [0.15, 0.2) is 5.17 Å². The fourth-order valence-electron chi connectivity index (χ4n) is 2.73. The molecule has 5 nitrogen and oxygen atoms in total. The van der Waals surface area contributed by atoms with Crippen LogP contribution in [0.3, 0.4) is 0 Å². The van der Waals surface area contributed by atoms with Crippen molar-refractivity contribution in [3.8, 4) is 0 Å². The molecule has 0 spiro atoms. The van der Waals surface area contributed by atoms with Gasteiger partial charge in [-0.1, -0.05) is 52.8 Å². The molecule has 1 aliphatic rings.